The van der Waals surface area contributed by atoms with Gasteiger partial charge in [0.2, 0.25) is 17.7 Å². The molecule has 0 bridgehead atoms. The number of piperidine rings is 1. The molecule has 0 saturated carbocycles. The minimum Gasteiger partial charge on any atom is -0.480 e. The van der Waals surface area contributed by atoms with Crippen LogP contribution in [0.25, 0.3) is 11.1 Å². The second-order valence-corrected chi connectivity index (χ2v) is 8.35. The van der Waals surface area contributed by atoms with Gasteiger partial charge < -0.3 is 20.6 Å². The SMILES string of the molecule is O=C(O)CNC(=O)C1C(=O)CC2(CNC(=O)C2)N(Cc2ccc(-c3ccccc3)cc2)C1=O. The monoisotopic (exact) mass is 449 g/mol. The van der Waals surface area contributed by atoms with Gasteiger partial charge in [0.1, 0.15) is 6.54 Å². The third kappa shape index (κ3) is 4.48. The van der Waals surface area contributed by atoms with Crippen molar-refractivity contribution in [2.24, 2.45) is 5.92 Å². The molecule has 2 saturated heterocycles. The number of hydrogen-bond acceptors (Lipinski definition) is 5. The standard InChI is InChI=1S/C24H23N3O6/c28-18-10-24(11-19(29)26-14-24)27(23(33)21(18)22(32)25-12-20(30)31)13-15-6-8-17(9-7-15)16-4-2-1-3-5-16/h1-9,21H,10-14H2,(H,25,32)(H,26,29)(H,30,31). The Morgan fingerprint density at radius 2 is 1.67 bits per heavy atom. The van der Waals surface area contributed by atoms with Gasteiger partial charge in [0, 0.05) is 19.5 Å². The Balaban J connectivity index is 1.60. The number of likely N-dealkylation sites (tertiary alicyclic amines) is 1. The Morgan fingerprint density at radius 3 is 2.27 bits per heavy atom. The fourth-order valence-electron chi connectivity index (χ4n) is 4.44. The van der Waals surface area contributed by atoms with Crippen LogP contribution in [0, 0.1) is 5.92 Å². The normalized spacial score (nSPS) is 22.4. The summed E-state index contributed by atoms with van der Waals surface area (Å²) >= 11 is 0. The number of nitrogens with zero attached hydrogens (tertiary/aromatic N) is 1. The maximum absolute atomic E-state index is 13.3. The van der Waals surface area contributed by atoms with E-state index in [1.807, 2.05) is 54.6 Å². The van der Waals surface area contributed by atoms with Crippen molar-refractivity contribution in [3.63, 3.8) is 0 Å². The van der Waals surface area contributed by atoms with Crippen LogP contribution in [-0.2, 0) is 30.5 Å². The van der Waals surface area contributed by atoms with Gasteiger partial charge in [0.15, 0.2) is 11.7 Å². The molecular weight excluding hydrogens is 426 g/mol. The minimum absolute atomic E-state index is 0.0317. The van der Waals surface area contributed by atoms with Gasteiger partial charge in [-0.05, 0) is 16.7 Å². The van der Waals surface area contributed by atoms with Crippen molar-refractivity contribution in [3.8, 4) is 11.1 Å². The van der Waals surface area contributed by atoms with E-state index in [4.69, 9.17) is 5.11 Å². The number of rotatable bonds is 6. The Morgan fingerprint density at radius 1 is 1.00 bits per heavy atom. The lowest BCUT2D eigenvalue weighted by Crippen LogP contribution is -2.63. The maximum Gasteiger partial charge on any atom is 0.322 e. The van der Waals surface area contributed by atoms with Crippen molar-refractivity contribution in [1.29, 1.82) is 0 Å². The summed E-state index contributed by atoms with van der Waals surface area (Å²) in [7, 11) is 0. The first-order valence-electron chi connectivity index (χ1n) is 10.5. The van der Waals surface area contributed by atoms with E-state index in [1.165, 1.54) is 4.90 Å². The van der Waals surface area contributed by atoms with E-state index in [1.54, 1.807) is 0 Å². The molecule has 0 radical (unpaired) electrons. The zero-order valence-electron chi connectivity index (χ0n) is 17.7. The van der Waals surface area contributed by atoms with Crippen molar-refractivity contribution in [2.45, 2.75) is 24.9 Å². The second kappa shape index (κ2) is 8.85. The Bertz CT molecular complexity index is 1110. The summed E-state index contributed by atoms with van der Waals surface area (Å²) in [6.07, 6.45) is -0.194. The second-order valence-electron chi connectivity index (χ2n) is 8.35. The summed E-state index contributed by atoms with van der Waals surface area (Å²) in [4.78, 5) is 62.8. The number of aliphatic carboxylic acids is 1. The van der Waals surface area contributed by atoms with Crippen LogP contribution in [0.3, 0.4) is 0 Å². The fourth-order valence-corrected chi connectivity index (χ4v) is 4.44. The number of nitrogens with one attached hydrogen (secondary N) is 2. The number of carbonyl (C=O) groups is 5. The predicted molar refractivity (Wildman–Crippen MR) is 117 cm³/mol. The molecule has 2 unspecified atom stereocenters. The van der Waals surface area contributed by atoms with Crippen LogP contribution in [0.2, 0.25) is 0 Å². The van der Waals surface area contributed by atoms with Crippen LogP contribution in [0.4, 0.5) is 0 Å². The minimum atomic E-state index is -1.63. The van der Waals surface area contributed by atoms with Crippen LogP contribution in [0.15, 0.2) is 54.6 Å². The maximum atomic E-state index is 13.3. The Labute approximate surface area is 189 Å². The molecule has 9 heteroatoms. The summed E-state index contributed by atoms with van der Waals surface area (Å²) in [5.41, 5.74) is 1.77. The molecule has 1 spiro atoms. The number of carbonyl (C=O) groups excluding carboxylic acids is 4. The van der Waals surface area contributed by atoms with Crippen LogP contribution in [0.1, 0.15) is 18.4 Å². The first-order chi connectivity index (χ1) is 15.8. The lowest BCUT2D eigenvalue weighted by atomic mass is 9.79. The first-order valence-corrected chi connectivity index (χ1v) is 10.5. The number of ketones is 1. The van der Waals surface area contributed by atoms with Gasteiger partial charge in [0.25, 0.3) is 0 Å². The molecule has 2 fully saturated rings. The molecule has 2 aromatic rings. The largest absolute Gasteiger partial charge is 0.480 e. The number of carboxylic acids is 1. The highest BCUT2D eigenvalue weighted by atomic mass is 16.4. The summed E-state index contributed by atoms with van der Waals surface area (Å²) in [5, 5.41) is 13.6. The van der Waals surface area contributed by atoms with Crippen molar-refractivity contribution in [2.75, 3.05) is 13.1 Å². The van der Waals surface area contributed by atoms with E-state index in [9.17, 15) is 24.0 Å². The van der Waals surface area contributed by atoms with Gasteiger partial charge >= 0.3 is 5.97 Å². The van der Waals surface area contributed by atoms with E-state index < -0.39 is 41.6 Å². The van der Waals surface area contributed by atoms with Crippen molar-refractivity contribution in [3.05, 3.63) is 60.2 Å². The van der Waals surface area contributed by atoms with Crippen LogP contribution in [0.5, 0.6) is 0 Å². The van der Waals surface area contributed by atoms with E-state index in [2.05, 4.69) is 10.6 Å². The topological polar surface area (TPSA) is 133 Å². The number of Topliss-reactive ketones (excluding diaryl/α,β-unsaturated/α-hetero) is 1. The molecule has 0 aromatic heterocycles. The molecule has 2 atom stereocenters. The summed E-state index contributed by atoms with van der Waals surface area (Å²) in [6, 6.07) is 17.4. The van der Waals surface area contributed by atoms with Gasteiger partial charge in [0.05, 0.1) is 12.0 Å². The smallest absolute Gasteiger partial charge is 0.322 e. The average Bonchev–Trinajstić information content (AvgIpc) is 3.16. The lowest BCUT2D eigenvalue weighted by molar-refractivity contribution is -0.159. The zero-order valence-corrected chi connectivity index (χ0v) is 17.7. The zero-order chi connectivity index (χ0) is 23.6. The highest BCUT2D eigenvalue weighted by Gasteiger charge is 2.55. The molecule has 2 heterocycles. The van der Waals surface area contributed by atoms with Gasteiger partial charge in [-0.1, -0.05) is 54.6 Å². The van der Waals surface area contributed by atoms with Crippen LogP contribution in [-0.4, -0.2) is 58.1 Å². The Hall–Kier alpha value is -4.01. The molecular formula is C24H23N3O6. The first kappa shape index (κ1) is 22.2. The quantitative estimate of drug-likeness (QED) is 0.557. The molecule has 0 aliphatic carbocycles. The van der Waals surface area contributed by atoms with E-state index in [0.717, 1.165) is 16.7 Å². The van der Waals surface area contributed by atoms with E-state index in [-0.39, 0.29) is 31.8 Å². The van der Waals surface area contributed by atoms with E-state index >= 15 is 0 Å². The number of benzene rings is 2. The van der Waals surface area contributed by atoms with Crippen LogP contribution < -0.4 is 10.6 Å². The van der Waals surface area contributed by atoms with Crippen molar-refractivity contribution in [1.82, 2.24) is 15.5 Å². The third-order valence-corrected chi connectivity index (χ3v) is 6.09. The molecule has 33 heavy (non-hydrogen) atoms. The van der Waals surface area contributed by atoms with Crippen molar-refractivity contribution < 1.29 is 29.1 Å². The molecule has 2 aromatic carbocycles. The van der Waals surface area contributed by atoms with Gasteiger partial charge in [-0.3, -0.25) is 24.0 Å². The highest BCUT2D eigenvalue weighted by Crippen LogP contribution is 2.36. The fraction of sp³-hybridized carbons (Fsp3) is 0.292. The number of hydrogen-bond donors (Lipinski definition) is 3. The van der Waals surface area contributed by atoms with Gasteiger partial charge in [-0.25, -0.2) is 0 Å². The molecule has 3 amide bonds. The molecule has 4 rings (SSSR count). The molecule has 2 aliphatic heterocycles. The molecule has 2 aliphatic rings. The molecule has 3 N–H and O–H groups in total. The van der Waals surface area contributed by atoms with E-state index in [0.29, 0.717) is 0 Å². The summed E-state index contributed by atoms with van der Waals surface area (Å²) in [6.45, 7) is -0.463. The summed E-state index contributed by atoms with van der Waals surface area (Å²) in [5.74, 6) is -5.46. The van der Waals surface area contributed by atoms with Crippen LogP contribution >= 0.6 is 0 Å². The Kier molecular flexibility index (Phi) is 5.95. The lowest BCUT2D eigenvalue weighted by Gasteiger charge is -2.45. The van der Waals surface area contributed by atoms with Gasteiger partial charge in [-0.15, -0.1) is 0 Å². The number of amides is 3. The van der Waals surface area contributed by atoms with Crippen molar-refractivity contribution >= 4 is 29.5 Å². The van der Waals surface area contributed by atoms with Gasteiger partial charge in [-0.2, -0.15) is 0 Å². The number of carboxylic acid groups (broad SMARTS) is 1. The molecule has 170 valence electrons. The highest BCUT2D eigenvalue weighted by molar-refractivity contribution is 6.20. The molecule has 9 nitrogen and oxygen atoms in total. The summed E-state index contributed by atoms with van der Waals surface area (Å²) < 4.78 is 0. The average molecular weight is 449 g/mol. The predicted octanol–water partition coefficient (Wildman–Crippen LogP) is 0.731. The third-order valence-electron chi connectivity index (χ3n) is 6.09.